The van der Waals surface area contributed by atoms with Gasteiger partial charge in [-0.05, 0) is 42.0 Å². The topological polar surface area (TPSA) is 95.4 Å². The first-order valence-corrected chi connectivity index (χ1v) is 9.90. The molecule has 0 spiro atoms. The normalized spacial score (nSPS) is 11.2. The Morgan fingerprint density at radius 2 is 1.71 bits per heavy atom. The molecule has 1 aromatic carbocycles. The predicted octanol–water partition coefficient (Wildman–Crippen LogP) is 4.40. The Hall–Kier alpha value is -3.91. The van der Waals surface area contributed by atoms with Gasteiger partial charge in [0.2, 0.25) is 0 Å². The smallest absolute Gasteiger partial charge is 0.165 e. The minimum atomic E-state index is -0.406. The molecular weight excluding hydrogens is 417 g/mol. The maximum Gasteiger partial charge on any atom is 0.165 e. The van der Waals surface area contributed by atoms with Crippen molar-refractivity contribution >= 4 is 28.6 Å². The van der Waals surface area contributed by atoms with Crippen molar-refractivity contribution in [3.05, 3.63) is 78.6 Å². The van der Waals surface area contributed by atoms with E-state index in [0.29, 0.717) is 45.6 Å². The second kappa shape index (κ2) is 7.73. The molecule has 31 heavy (non-hydrogen) atoms. The molecule has 9 heteroatoms. The molecule has 0 amide bonds. The summed E-state index contributed by atoms with van der Waals surface area (Å²) in [5.74, 6) is 0.875. The maximum absolute atomic E-state index is 13.3. The molecule has 152 valence electrons. The summed E-state index contributed by atoms with van der Waals surface area (Å²) in [5, 5.41) is 0. The van der Waals surface area contributed by atoms with Crippen LogP contribution in [-0.2, 0) is 5.88 Å². The Balaban J connectivity index is 1.77. The quantitative estimate of drug-likeness (QED) is 0.424. The van der Waals surface area contributed by atoms with E-state index in [0.717, 1.165) is 17.4 Å². The molecule has 0 aliphatic rings. The molecule has 0 saturated heterocycles. The van der Waals surface area contributed by atoms with E-state index in [1.807, 2.05) is 34.9 Å². The lowest BCUT2D eigenvalue weighted by atomic mass is 10.2. The predicted molar refractivity (Wildman–Crippen MR) is 117 cm³/mol. The minimum absolute atomic E-state index is 0.310. The first-order chi connectivity index (χ1) is 15.1. The summed E-state index contributed by atoms with van der Waals surface area (Å²) in [6, 6.07) is 14.3. The number of nitrogens with two attached hydrogens (primary N) is 1. The third-order valence-corrected chi connectivity index (χ3v) is 5.14. The Kier molecular flexibility index (Phi) is 4.76. The van der Waals surface area contributed by atoms with E-state index in [4.69, 9.17) is 27.3 Å². The third kappa shape index (κ3) is 3.47. The molecule has 2 N–H and O–H groups in total. The van der Waals surface area contributed by atoms with E-state index >= 15 is 0 Å². The number of alkyl halides is 1. The highest BCUT2D eigenvalue weighted by molar-refractivity contribution is 6.17. The zero-order valence-electron chi connectivity index (χ0n) is 16.1. The van der Waals surface area contributed by atoms with Gasteiger partial charge in [0.25, 0.3) is 0 Å². The monoisotopic (exact) mass is 431 g/mol. The number of hydrogen-bond acceptors (Lipinski definition) is 6. The van der Waals surface area contributed by atoms with Crippen LogP contribution < -0.4 is 5.73 Å². The summed E-state index contributed by atoms with van der Waals surface area (Å²) < 4.78 is 15.2. The maximum atomic E-state index is 13.3. The summed E-state index contributed by atoms with van der Waals surface area (Å²) in [7, 11) is 0. The molecule has 7 nitrogen and oxygen atoms in total. The van der Waals surface area contributed by atoms with E-state index in [1.54, 1.807) is 18.3 Å². The van der Waals surface area contributed by atoms with Gasteiger partial charge in [-0.1, -0.05) is 12.1 Å². The molecule has 0 unspecified atom stereocenters. The van der Waals surface area contributed by atoms with E-state index < -0.39 is 5.82 Å². The van der Waals surface area contributed by atoms with Gasteiger partial charge in [0, 0.05) is 17.8 Å². The Labute approximate surface area is 181 Å². The van der Waals surface area contributed by atoms with Gasteiger partial charge in [-0.25, -0.2) is 24.3 Å². The number of rotatable bonds is 4. The van der Waals surface area contributed by atoms with Crippen molar-refractivity contribution in [3.8, 4) is 28.5 Å². The van der Waals surface area contributed by atoms with Crippen LogP contribution in [0.4, 0.5) is 10.2 Å². The molecule has 0 saturated carbocycles. The highest BCUT2D eigenvalue weighted by Crippen LogP contribution is 2.31. The number of hydrogen-bond donors (Lipinski definition) is 1. The number of anilines is 1. The lowest BCUT2D eigenvalue weighted by Gasteiger charge is -2.11. The number of aromatic nitrogens is 6. The molecule has 0 fully saturated rings. The largest absolute Gasteiger partial charge is 0.383 e. The fourth-order valence-corrected chi connectivity index (χ4v) is 3.48. The molecule has 4 heterocycles. The molecule has 0 radical (unpaired) electrons. The van der Waals surface area contributed by atoms with Crippen LogP contribution in [0.25, 0.3) is 39.6 Å². The van der Waals surface area contributed by atoms with Gasteiger partial charge in [-0.2, -0.15) is 0 Å². The molecule has 0 atom stereocenters. The lowest BCUT2D eigenvalue weighted by Crippen LogP contribution is -2.03. The molecule has 0 aliphatic carbocycles. The number of benzene rings is 1. The molecule has 0 aliphatic heterocycles. The van der Waals surface area contributed by atoms with Gasteiger partial charge in [0.1, 0.15) is 23.5 Å². The third-order valence-electron chi connectivity index (χ3n) is 4.83. The fraction of sp³-hybridized carbons (Fsp3) is 0.0455. The minimum Gasteiger partial charge on any atom is -0.383 e. The molecule has 0 bridgehead atoms. The van der Waals surface area contributed by atoms with Crippen LogP contribution in [0.3, 0.4) is 0 Å². The number of imidazole rings is 1. The van der Waals surface area contributed by atoms with Crippen molar-refractivity contribution in [3.63, 3.8) is 0 Å². The number of halogens is 2. The van der Waals surface area contributed by atoms with Crippen LogP contribution in [0.2, 0.25) is 0 Å². The van der Waals surface area contributed by atoms with Crippen molar-refractivity contribution in [2.75, 3.05) is 5.73 Å². The van der Waals surface area contributed by atoms with Crippen LogP contribution in [0, 0.1) is 5.82 Å². The summed E-state index contributed by atoms with van der Waals surface area (Å²) in [5.41, 5.74) is 10.9. The Morgan fingerprint density at radius 3 is 2.42 bits per heavy atom. The standard InChI is InChI=1S/C22H15ClFN7/c23-9-13-1-4-15(5-2-13)31-21(16-11-26-12-28-20(16)25)30-19-8-7-18(29-22(19)31)17-6-3-14(24)10-27-17/h1-8,10-12H,9H2,(H2,25,26,28). The number of fused-ring (bicyclic) bond motifs is 1. The average Bonchev–Trinajstić information content (AvgIpc) is 3.18. The number of nitrogens with zero attached hydrogens (tertiary/aromatic N) is 6. The fourth-order valence-electron chi connectivity index (χ4n) is 3.30. The first-order valence-electron chi connectivity index (χ1n) is 9.36. The highest BCUT2D eigenvalue weighted by atomic mass is 35.5. The van der Waals surface area contributed by atoms with Gasteiger partial charge in [-0.15, -0.1) is 11.6 Å². The van der Waals surface area contributed by atoms with E-state index in [2.05, 4.69) is 15.0 Å². The van der Waals surface area contributed by atoms with E-state index in [9.17, 15) is 4.39 Å². The van der Waals surface area contributed by atoms with Crippen LogP contribution in [0.15, 0.2) is 67.3 Å². The summed E-state index contributed by atoms with van der Waals surface area (Å²) in [6.07, 6.45) is 4.17. The van der Waals surface area contributed by atoms with Crippen molar-refractivity contribution in [1.82, 2.24) is 29.5 Å². The highest BCUT2D eigenvalue weighted by Gasteiger charge is 2.19. The van der Waals surface area contributed by atoms with Gasteiger partial charge in [0.15, 0.2) is 11.5 Å². The zero-order valence-corrected chi connectivity index (χ0v) is 16.8. The average molecular weight is 432 g/mol. The SMILES string of the molecule is Nc1ncncc1-c1nc2ccc(-c3ccc(F)cn3)nc2n1-c1ccc(CCl)cc1. The van der Waals surface area contributed by atoms with Crippen LogP contribution >= 0.6 is 11.6 Å². The summed E-state index contributed by atoms with van der Waals surface area (Å²) in [4.78, 5) is 21.9. The summed E-state index contributed by atoms with van der Waals surface area (Å²) >= 11 is 5.95. The lowest BCUT2D eigenvalue weighted by molar-refractivity contribution is 0.622. The molecule has 5 rings (SSSR count). The van der Waals surface area contributed by atoms with Crippen molar-refractivity contribution in [2.45, 2.75) is 5.88 Å². The van der Waals surface area contributed by atoms with Crippen molar-refractivity contribution in [2.24, 2.45) is 0 Å². The van der Waals surface area contributed by atoms with Crippen LogP contribution in [0.1, 0.15) is 5.56 Å². The summed E-state index contributed by atoms with van der Waals surface area (Å²) in [6.45, 7) is 0. The van der Waals surface area contributed by atoms with Gasteiger partial charge < -0.3 is 5.73 Å². The Bertz CT molecular complexity index is 1380. The van der Waals surface area contributed by atoms with Crippen molar-refractivity contribution < 1.29 is 4.39 Å². The molecule has 4 aromatic heterocycles. The Morgan fingerprint density at radius 1 is 0.903 bits per heavy atom. The van der Waals surface area contributed by atoms with Gasteiger partial charge in [-0.3, -0.25) is 9.55 Å². The van der Waals surface area contributed by atoms with Gasteiger partial charge in [0.05, 0.1) is 23.1 Å². The van der Waals surface area contributed by atoms with E-state index in [-0.39, 0.29) is 0 Å². The number of pyridine rings is 2. The van der Waals surface area contributed by atoms with Crippen molar-refractivity contribution in [1.29, 1.82) is 0 Å². The van der Waals surface area contributed by atoms with E-state index in [1.165, 1.54) is 12.4 Å². The van der Waals surface area contributed by atoms with Gasteiger partial charge >= 0.3 is 0 Å². The number of nitrogen functional groups attached to an aromatic ring is 1. The van der Waals surface area contributed by atoms with Crippen LogP contribution in [-0.4, -0.2) is 29.5 Å². The molecular formula is C22H15ClFN7. The second-order valence-corrected chi connectivity index (χ2v) is 7.06. The zero-order chi connectivity index (χ0) is 21.4. The molecule has 5 aromatic rings. The van der Waals surface area contributed by atoms with Crippen LogP contribution in [0.5, 0.6) is 0 Å². The second-order valence-electron chi connectivity index (χ2n) is 6.79. The first kappa shape index (κ1) is 19.1.